The summed E-state index contributed by atoms with van der Waals surface area (Å²) in [6, 6.07) is 1.26. The highest BCUT2D eigenvalue weighted by Gasteiger charge is 2.52. The van der Waals surface area contributed by atoms with Crippen molar-refractivity contribution in [1.29, 1.82) is 0 Å². The topological polar surface area (TPSA) is 121 Å². The van der Waals surface area contributed by atoms with Gasteiger partial charge in [-0.2, -0.15) is 0 Å². The first-order valence-electron chi connectivity index (χ1n) is 8.87. The van der Waals surface area contributed by atoms with Gasteiger partial charge in [0.1, 0.15) is 18.0 Å². The molecule has 4 heterocycles. The summed E-state index contributed by atoms with van der Waals surface area (Å²) in [6.45, 7) is 1.65. The highest BCUT2D eigenvalue weighted by molar-refractivity contribution is 5.89. The van der Waals surface area contributed by atoms with Crippen LogP contribution < -0.4 is 10.6 Å². The molecule has 0 radical (unpaired) electrons. The number of hydrogen-bond acceptors (Lipinski definition) is 7. The van der Waals surface area contributed by atoms with E-state index >= 15 is 0 Å². The van der Waals surface area contributed by atoms with E-state index in [0.29, 0.717) is 31.8 Å². The Hall–Kier alpha value is -2.56. The Bertz CT molecular complexity index is 814. The molecule has 10 heteroatoms. The minimum atomic E-state index is -0.873. The van der Waals surface area contributed by atoms with Gasteiger partial charge in [0.2, 0.25) is 11.8 Å². The molecule has 2 amide bonds. The molecule has 2 aliphatic rings. The first kappa shape index (κ1) is 17.8. The van der Waals surface area contributed by atoms with Crippen LogP contribution in [0.25, 0.3) is 11.0 Å². The van der Waals surface area contributed by atoms with E-state index < -0.39 is 11.8 Å². The van der Waals surface area contributed by atoms with Crippen LogP contribution in [0.15, 0.2) is 18.6 Å². The zero-order valence-electron chi connectivity index (χ0n) is 15.0. The van der Waals surface area contributed by atoms with Crippen molar-refractivity contribution in [3.63, 3.8) is 0 Å². The number of likely N-dealkylation sites (tertiary alicyclic amines) is 1. The lowest BCUT2D eigenvalue weighted by Gasteiger charge is -2.24. The second-order valence-electron chi connectivity index (χ2n) is 6.72. The highest BCUT2D eigenvalue weighted by Crippen LogP contribution is 2.34. The largest absolute Gasteiger partial charge is 0.349 e. The molecule has 0 aliphatic carbocycles. The lowest BCUT2D eigenvalue weighted by molar-refractivity contribution is -0.152. The maximum absolute atomic E-state index is 12.8. The zero-order valence-corrected chi connectivity index (χ0v) is 15.0. The Kier molecular flexibility index (Phi) is 4.77. The molecule has 1 atom stereocenters. The van der Waals surface area contributed by atoms with E-state index in [-0.39, 0.29) is 24.9 Å². The second kappa shape index (κ2) is 7.22. The molecule has 0 aromatic carbocycles. The number of nitrogens with zero attached hydrogens (tertiary/aromatic N) is 3. The standard InChI is InChI=1S/C17H22N6O4/c1-18-8-14(24)23-9-17(26-2-3-27-17)5-13(23)16(25)20-7-12-4-11-6-19-10-21-15(11)22-12/h4,6,10,13,18H,2-3,5,7-9H2,1H3,(H,20,25)(H,19,21,22). The lowest BCUT2D eigenvalue weighted by Crippen LogP contribution is -2.48. The predicted molar refractivity (Wildman–Crippen MR) is 94.4 cm³/mol. The number of likely N-dealkylation sites (N-methyl/N-ethyl adjacent to an activating group) is 1. The van der Waals surface area contributed by atoms with Gasteiger partial charge >= 0.3 is 0 Å². The average Bonchev–Trinajstić information content (AvgIpc) is 3.38. The normalized spacial score (nSPS) is 21.2. The zero-order chi connectivity index (χ0) is 18.9. The Labute approximate surface area is 155 Å². The molecule has 2 saturated heterocycles. The van der Waals surface area contributed by atoms with E-state index in [4.69, 9.17) is 9.47 Å². The summed E-state index contributed by atoms with van der Waals surface area (Å²) < 4.78 is 11.4. The number of aromatic nitrogens is 3. The summed E-state index contributed by atoms with van der Waals surface area (Å²) in [5, 5.41) is 6.60. The molecule has 2 aliphatic heterocycles. The molecule has 2 fully saturated rings. The van der Waals surface area contributed by atoms with E-state index in [9.17, 15) is 9.59 Å². The smallest absolute Gasteiger partial charge is 0.243 e. The second-order valence-corrected chi connectivity index (χ2v) is 6.72. The van der Waals surface area contributed by atoms with Crippen LogP contribution in [0, 0.1) is 0 Å². The molecule has 10 nitrogen and oxygen atoms in total. The van der Waals surface area contributed by atoms with Crippen molar-refractivity contribution in [3.05, 3.63) is 24.3 Å². The average molecular weight is 374 g/mol. The van der Waals surface area contributed by atoms with Crippen molar-refractivity contribution in [3.8, 4) is 0 Å². The van der Waals surface area contributed by atoms with Crippen molar-refractivity contribution in [2.45, 2.75) is 24.8 Å². The van der Waals surface area contributed by atoms with Gasteiger partial charge in [0.15, 0.2) is 5.79 Å². The molecule has 0 bridgehead atoms. The van der Waals surface area contributed by atoms with Crippen molar-refractivity contribution in [1.82, 2.24) is 30.5 Å². The lowest BCUT2D eigenvalue weighted by atomic mass is 10.1. The number of amides is 2. The number of rotatable bonds is 5. The summed E-state index contributed by atoms with van der Waals surface area (Å²) >= 11 is 0. The SMILES string of the molecule is CNCC(=O)N1CC2(CC1C(=O)NCc1cc3cncnc3[nH]1)OCCO2. The van der Waals surface area contributed by atoms with Crippen LogP contribution in [0.1, 0.15) is 12.1 Å². The fraction of sp³-hybridized carbons (Fsp3) is 0.529. The van der Waals surface area contributed by atoms with Gasteiger partial charge in [0.05, 0.1) is 32.8 Å². The Morgan fingerprint density at radius 3 is 2.96 bits per heavy atom. The molecule has 27 heavy (non-hydrogen) atoms. The van der Waals surface area contributed by atoms with Gasteiger partial charge in [-0.15, -0.1) is 0 Å². The van der Waals surface area contributed by atoms with Crippen LogP contribution in [-0.4, -0.2) is 76.8 Å². The van der Waals surface area contributed by atoms with Crippen molar-refractivity contribution < 1.29 is 19.1 Å². The third-order valence-electron chi connectivity index (χ3n) is 4.86. The van der Waals surface area contributed by atoms with Crippen LogP contribution >= 0.6 is 0 Å². The van der Waals surface area contributed by atoms with E-state index in [1.807, 2.05) is 6.07 Å². The van der Waals surface area contributed by atoms with Crippen molar-refractivity contribution >= 4 is 22.8 Å². The molecule has 144 valence electrons. The van der Waals surface area contributed by atoms with E-state index in [0.717, 1.165) is 11.1 Å². The fourth-order valence-electron chi connectivity index (χ4n) is 3.62. The molecular weight excluding hydrogens is 352 g/mol. The minimum Gasteiger partial charge on any atom is -0.349 e. The molecule has 4 rings (SSSR count). The number of H-pyrrole nitrogens is 1. The van der Waals surface area contributed by atoms with E-state index in [1.165, 1.54) is 11.2 Å². The monoisotopic (exact) mass is 374 g/mol. The van der Waals surface area contributed by atoms with Gasteiger partial charge in [-0.25, -0.2) is 9.97 Å². The third kappa shape index (κ3) is 3.51. The molecular formula is C17H22N6O4. The van der Waals surface area contributed by atoms with E-state index in [2.05, 4.69) is 25.6 Å². The Morgan fingerprint density at radius 2 is 2.22 bits per heavy atom. The van der Waals surface area contributed by atoms with Crippen LogP contribution in [0.2, 0.25) is 0 Å². The molecule has 2 aromatic heterocycles. The molecule has 3 N–H and O–H groups in total. The van der Waals surface area contributed by atoms with Crippen LogP contribution in [0.3, 0.4) is 0 Å². The minimum absolute atomic E-state index is 0.153. The fourth-order valence-corrected chi connectivity index (χ4v) is 3.62. The Morgan fingerprint density at radius 1 is 1.41 bits per heavy atom. The number of hydrogen-bond donors (Lipinski definition) is 3. The number of ether oxygens (including phenoxy) is 2. The van der Waals surface area contributed by atoms with Gasteiger partial charge in [-0.3, -0.25) is 9.59 Å². The summed E-state index contributed by atoms with van der Waals surface area (Å²) in [5.74, 6) is -1.27. The first-order chi connectivity index (χ1) is 13.1. The Balaban J connectivity index is 1.45. The maximum Gasteiger partial charge on any atom is 0.243 e. The molecule has 1 spiro atoms. The molecule has 1 unspecified atom stereocenters. The number of carbonyl (C=O) groups is 2. The summed E-state index contributed by atoms with van der Waals surface area (Å²) in [4.78, 5) is 38.0. The van der Waals surface area contributed by atoms with Crippen molar-refractivity contribution in [2.24, 2.45) is 0 Å². The van der Waals surface area contributed by atoms with Crippen LogP contribution in [0.5, 0.6) is 0 Å². The number of fused-ring (bicyclic) bond motifs is 1. The first-order valence-corrected chi connectivity index (χ1v) is 8.87. The van der Waals surface area contributed by atoms with Gasteiger partial charge in [-0.05, 0) is 13.1 Å². The number of aromatic amines is 1. The summed E-state index contributed by atoms with van der Waals surface area (Å²) in [5.41, 5.74) is 1.53. The summed E-state index contributed by atoms with van der Waals surface area (Å²) in [6.07, 6.45) is 3.50. The quantitative estimate of drug-likeness (QED) is 0.622. The van der Waals surface area contributed by atoms with Gasteiger partial charge in [-0.1, -0.05) is 0 Å². The van der Waals surface area contributed by atoms with Crippen LogP contribution in [0.4, 0.5) is 0 Å². The highest BCUT2D eigenvalue weighted by atomic mass is 16.7. The van der Waals surface area contributed by atoms with E-state index in [1.54, 1.807) is 13.2 Å². The molecule has 2 aromatic rings. The molecule has 0 saturated carbocycles. The predicted octanol–water partition coefficient (Wildman–Crippen LogP) is -0.862. The third-order valence-corrected chi connectivity index (χ3v) is 4.86. The van der Waals surface area contributed by atoms with Crippen LogP contribution in [-0.2, 0) is 25.6 Å². The van der Waals surface area contributed by atoms with Crippen molar-refractivity contribution in [2.75, 3.05) is 33.4 Å². The van der Waals surface area contributed by atoms with Gasteiger partial charge in [0, 0.05) is 23.7 Å². The summed E-state index contributed by atoms with van der Waals surface area (Å²) in [7, 11) is 1.69. The van der Waals surface area contributed by atoms with Gasteiger partial charge in [0.25, 0.3) is 0 Å². The number of nitrogens with one attached hydrogen (secondary N) is 3. The maximum atomic E-state index is 12.8. The number of carbonyl (C=O) groups excluding carboxylic acids is 2. The van der Waals surface area contributed by atoms with Gasteiger partial charge < -0.3 is 30.0 Å².